The minimum atomic E-state index is -3.97. The second-order valence-corrected chi connectivity index (χ2v) is 8.80. The molecule has 1 heterocycles. The standard InChI is InChI=1S/C22H20N2O6S/c25-24(26)21-13-7-8-17(22(21)30-15-20-14-29-20)16-31(27,28)23(18-9-3-1-4-10-18)19-11-5-2-6-12-19/h1-13,20H,14-16H2. The number of rotatable bonds is 9. The highest BCUT2D eigenvalue weighted by Crippen LogP contribution is 2.36. The van der Waals surface area contributed by atoms with Gasteiger partial charge in [-0.05, 0) is 24.3 Å². The number of nitro groups is 1. The number of epoxide rings is 1. The molecule has 0 radical (unpaired) electrons. The van der Waals surface area contributed by atoms with Gasteiger partial charge < -0.3 is 9.47 Å². The first-order valence-corrected chi connectivity index (χ1v) is 11.2. The van der Waals surface area contributed by atoms with Crippen LogP contribution in [0.2, 0.25) is 0 Å². The van der Waals surface area contributed by atoms with Crippen molar-refractivity contribution in [3.8, 4) is 5.75 Å². The van der Waals surface area contributed by atoms with Crippen molar-refractivity contribution in [2.75, 3.05) is 17.5 Å². The topological polar surface area (TPSA) is 102 Å². The molecule has 3 aromatic rings. The fourth-order valence-electron chi connectivity index (χ4n) is 3.19. The van der Waals surface area contributed by atoms with Gasteiger partial charge in [0.1, 0.15) is 12.7 Å². The summed E-state index contributed by atoms with van der Waals surface area (Å²) in [6, 6.07) is 21.6. The number of para-hydroxylation sites is 3. The van der Waals surface area contributed by atoms with Gasteiger partial charge in [0.25, 0.3) is 0 Å². The van der Waals surface area contributed by atoms with Crippen molar-refractivity contribution in [1.29, 1.82) is 0 Å². The summed E-state index contributed by atoms with van der Waals surface area (Å²) in [6.45, 7) is 0.642. The van der Waals surface area contributed by atoms with E-state index >= 15 is 0 Å². The van der Waals surface area contributed by atoms with Gasteiger partial charge in [0.05, 0.1) is 28.7 Å². The van der Waals surface area contributed by atoms with Gasteiger partial charge in [-0.15, -0.1) is 0 Å². The molecule has 3 aromatic carbocycles. The predicted octanol–water partition coefficient (Wildman–Crippen LogP) is 4.04. The molecule has 0 aromatic heterocycles. The first-order valence-electron chi connectivity index (χ1n) is 9.59. The summed E-state index contributed by atoms with van der Waals surface area (Å²) >= 11 is 0. The lowest BCUT2D eigenvalue weighted by molar-refractivity contribution is -0.385. The van der Waals surface area contributed by atoms with E-state index in [0.29, 0.717) is 18.0 Å². The highest BCUT2D eigenvalue weighted by molar-refractivity contribution is 7.92. The molecule has 1 saturated heterocycles. The Morgan fingerprint density at radius 2 is 1.55 bits per heavy atom. The van der Waals surface area contributed by atoms with E-state index in [2.05, 4.69) is 0 Å². The Bertz CT molecular complexity index is 1130. The van der Waals surface area contributed by atoms with E-state index in [0.717, 1.165) is 0 Å². The third-order valence-corrected chi connectivity index (χ3v) is 6.34. The van der Waals surface area contributed by atoms with E-state index in [4.69, 9.17) is 9.47 Å². The van der Waals surface area contributed by atoms with Crippen molar-refractivity contribution in [2.24, 2.45) is 0 Å². The molecule has 4 rings (SSSR count). The lowest BCUT2D eigenvalue weighted by Gasteiger charge is -2.25. The zero-order chi connectivity index (χ0) is 21.8. The fraction of sp³-hybridized carbons (Fsp3) is 0.182. The summed E-state index contributed by atoms with van der Waals surface area (Å²) in [5.74, 6) is -0.521. The van der Waals surface area contributed by atoms with Gasteiger partial charge >= 0.3 is 5.69 Å². The van der Waals surface area contributed by atoms with E-state index in [-0.39, 0.29) is 29.7 Å². The number of anilines is 2. The van der Waals surface area contributed by atoms with Crippen molar-refractivity contribution in [3.05, 3.63) is 94.5 Å². The van der Waals surface area contributed by atoms with Gasteiger partial charge in [-0.3, -0.25) is 10.1 Å². The summed E-state index contributed by atoms with van der Waals surface area (Å²) < 4.78 is 39.1. The molecule has 1 fully saturated rings. The Morgan fingerprint density at radius 3 is 2.06 bits per heavy atom. The monoisotopic (exact) mass is 440 g/mol. The minimum Gasteiger partial charge on any atom is -0.484 e. The van der Waals surface area contributed by atoms with Gasteiger partial charge in [-0.1, -0.05) is 48.5 Å². The number of benzene rings is 3. The first-order chi connectivity index (χ1) is 15.0. The Morgan fingerprint density at radius 1 is 0.968 bits per heavy atom. The van der Waals surface area contributed by atoms with Crippen molar-refractivity contribution < 1.29 is 22.8 Å². The van der Waals surface area contributed by atoms with Gasteiger partial charge in [0, 0.05) is 11.6 Å². The van der Waals surface area contributed by atoms with Crippen molar-refractivity contribution in [1.82, 2.24) is 0 Å². The molecular formula is C22H20N2O6S. The number of sulfonamides is 1. The third kappa shape index (κ3) is 4.84. The van der Waals surface area contributed by atoms with Crippen LogP contribution in [0.25, 0.3) is 0 Å². The van der Waals surface area contributed by atoms with Crippen molar-refractivity contribution >= 4 is 27.1 Å². The van der Waals surface area contributed by atoms with Crippen LogP contribution in [0.5, 0.6) is 5.75 Å². The van der Waals surface area contributed by atoms with Crippen LogP contribution in [0.3, 0.4) is 0 Å². The molecule has 31 heavy (non-hydrogen) atoms. The molecule has 1 atom stereocenters. The van der Waals surface area contributed by atoms with Crippen LogP contribution >= 0.6 is 0 Å². The maximum atomic E-state index is 13.6. The highest BCUT2D eigenvalue weighted by Gasteiger charge is 2.30. The van der Waals surface area contributed by atoms with E-state index in [1.807, 2.05) is 0 Å². The Hall–Kier alpha value is -3.43. The van der Waals surface area contributed by atoms with Gasteiger partial charge in [0.15, 0.2) is 0 Å². The van der Waals surface area contributed by atoms with Crippen LogP contribution < -0.4 is 9.04 Å². The molecule has 0 bridgehead atoms. The summed E-state index contributed by atoms with van der Waals surface area (Å²) in [6.07, 6.45) is -0.130. The summed E-state index contributed by atoms with van der Waals surface area (Å²) in [5, 5.41) is 11.5. The predicted molar refractivity (Wildman–Crippen MR) is 116 cm³/mol. The van der Waals surface area contributed by atoms with Crippen LogP contribution in [-0.2, 0) is 20.5 Å². The van der Waals surface area contributed by atoms with Crippen LogP contribution in [0.4, 0.5) is 17.1 Å². The molecule has 1 unspecified atom stereocenters. The van der Waals surface area contributed by atoms with E-state index in [9.17, 15) is 18.5 Å². The Labute approximate surface area is 179 Å². The molecule has 160 valence electrons. The maximum absolute atomic E-state index is 13.6. The molecule has 1 aliphatic rings. The fourth-order valence-corrected chi connectivity index (χ4v) is 4.83. The van der Waals surface area contributed by atoms with Crippen molar-refractivity contribution in [3.63, 3.8) is 0 Å². The maximum Gasteiger partial charge on any atom is 0.311 e. The zero-order valence-corrected chi connectivity index (χ0v) is 17.3. The van der Waals surface area contributed by atoms with Crippen LogP contribution in [0.1, 0.15) is 5.56 Å². The smallest absolute Gasteiger partial charge is 0.311 e. The molecule has 9 heteroatoms. The first kappa shape index (κ1) is 20.8. The highest BCUT2D eigenvalue weighted by atomic mass is 32.2. The van der Waals surface area contributed by atoms with Gasteiger partial charge in [0.2, 0.25) is 15.8 Å². The molecule has 0 saturated carbocycles. The lowest BCUT2D eigenvalue weighted by Crippen LogP contribution is -2.27. The normalized spacial score (nSPS) is 15.3. The zero-order valence-electron chi connectivity index (χ0n) is 16.5. The molecular weight excluding hydrogens is 420 g/mol. The van der Waals surface area contributed by atoms with Gasteiger partial charge in [-0.2, -0.15) is 0 Å². The van der Waals surface area contributed by atoms with E-state index < -0.39 is 20.7 Å². The molecule has 0 spiro atoms. The Kier molecular flexibility index (Phi) is 5.88. The average molecular weight is 440 g/mol. The second-order valence-electron chi connectivity index (χ2n) is 6.98. The second kappa shape index (κ2) is 8.75. The Balaban J connectivity index is 1.74. The quantitative estimate of drug-likeness (QED) is 0.283. The van der Waals surface area contributed by atoms with Gasteiger partial charge in [-0.25, -0.2) is 12.7 Å². The number of nitrogens with zero attached hydrogens (tertiary/aromatic N) is 2. The third-order valence-electron chi connectivity index (χ3n) is 4.69. The number of hydrogen-bond donors (Lipinski definition) is 0. The average Bonchev–Trinajstić information content (AvgIpc) is 3.58. The lowest BCUT2D eigenvalue weighted by atomic mass is 10.2. The van der Waals surface area contributed by atoms with E-state index in [1.165, 1.54) is 22.5 Å². The number of ether oxygens (including phenoxy) is 2. The molecule has 0 amide bonds. The molecule has 1 aliphatic heterocycles. The SMILES string of the molecule is O=[N+]([O-])c1cccc(CS(=O)(=O)N(c2ccccc2)c2ccccc2)c1OCC1CO1. The molecule has 0 aliphatic carbocycles. The molecule has 8 nitrogen and oxygen atoms in total. The summed E-state index contributed by atoms with van der Waals surface area (Å²) in [5.41, 5.74) is 0.868. The largest absolute Gasteiger partial charge is 0.484 e. The van der Waals surface area contributed by atoms with Crippen LogP contribution in [0, 0.1) is 10.1 Å². The van der Waals surface area contributed by atoms with Crippen molar-refractivity contribution in [2.45, 2.75) is 11.9 Å². The summed E-state index contributed by atoms with van der Waals surface area (Å²) in [4.78, 5) is 10.9. The molecule has 0 N–H and O–H groups in total. The minimum absolute atomic E-state index is 0.0485. The van der Waals surface area contributed by atoms with E-state index in [1.54, 1.807) is 60.7 Å². The number of nitro benzene ring substituents is 1. The van der Waals surface area contributed by atoms with Crippen LogP contribution in [0.15, 0.2) is 78.9 Å². The van der Waals surface area contributed by atoms with Crippen LogP contribution in [-0.4, -0.2) is 32.7 Å². The number of hydrogen-bond acceptors (Lipinski definition) is 6. The summed E-state index contributed by atoms with van der Waals surface area (Å²) in [7, 11) is -3.97.